The van der Waals surface area contributed by atoms with Gasteiger partial charge in [0, 0.05) is 5.92 Å². The maximum Gasteiger partial charge on any atom is 0.412 e. The van der Waals surface area contributed by atoms with Crippen molar-refractivity contribution < 1.29 is 17.6 Å². The molecule has 0 bridgehead atoms. The number of unbranched alkanes of at least 4 members (excludes halogenated alkanes) is 2. The first-order valence-electron chi connectivity index (χ1n) is 9.84. The highest BCUT2D eigenvalue weighted by Gasteiger charge is 2.33. The van der Waals surface area contributed by atoms with Crippen molar-refractivity contribution in [3.8, 4) is 0 Å². The molecule has 2 aliphatic rings. The Morgan fingerprint density at radius 3 is 1.92 bits per heavy atom. The second kappa shape index (κ2) is 9.24. The summed E-state index contributed by atoms with van der Waals surface area (Å²) in [6, 6.07) is 0. The third kappa shape index (κ3) is 6.40. The highest BCUT2D eigenvalue weighted by molar-refractivity contribution is 5.03. The first-order valence-corrected chi connectivity index (χ1v) is 9.84. The SMILES string of the molecule is CCCCCC1CCC(C2CCC(/C(F)=C/C(F)(F)F)CC2)CC1. The van der Waals surface area contributed by atoms with Crippen LogP contribution in [-0.4, -0.2) is 6.18 Å². The van der Waals surface area contributed by atoms with Crippen LogP contribution >= 0.6 is 0 Å². The van der Waals surface area contributed by atoms with Crippen LogP contribution in [0.25, 0.3) is 0 Å². The lowest BCUT2D eigenvalue weighted by atomic mass is 9.68. The van der Waals surface area contributed by atoms with E-state index in [-0.39, 0.29) is 6.08 Å². The molecule has 0 aromatic rings. The minimum Gasteiger partial charge on any atom is -0.212 e. The van der Waals surface area contributed by atoms with Gasteiger partial charge in [-0.3, -0.25) is 0 Å². The quantitative estimate of drug-likeness (QED) is 0.342. The lowest BCUT2D eigenvalue weighted by molar-refractivity contribution is -0.0821. The van der Waals surface area contributed by atoms with E-state index in [1.807, 2.05) is 0 Å². The molecule has 2 aliphatic carbocycles. The summed E-state index contributed by atoms with van der Waals surface area (Å²) in [5, 5.41) is 0. The molecule has 0 heterocycles. The van der Waals surface area contributed by atoms with Crippen LogP contribution in [0.1, 0.15) is 84.0 Å². The molecular formula is C20H32F4. The molecule has 24 heavy (non-hydrogen) atoms. The van der Waals surface area contributed by atoms with Crippen LogP contribution in [-0.2, 0) is 0 Å². The third-order valence-electron chi connectivity index (χ3n) is 6.24. The topological polar surface area (TPSA) is 0 Å². The Hall–Kier alpha value is -0.540. The Kier molecular flexibility index (Phi) is 7.61. The van der Waals surface area contributed by atoms with Gasteiger partial charge in [-0.2, -0.15) is 13.2 Å². The zero-order chi connectivity index (χ0) is 17.6. The number of hydrogen-bond acceptors (Lipinski definition) is 0. The van der Waals surface area contributed by atoms with Gasteiger partial charge in [-0.15, -0.1) is 0 Å². The molecule has 0 spiro atoms. The molecule has 2 fully saturated rings. The summed E-state index contributed by atoms with van der Waals surface area (Å²) in [4.78, 5) is 0. The van der Waals surface area contributed by atoms with Crippen LogP contribution in [0.4, 0.5) is 17.6 Å². The number of hydrogen-bond donors (Lipinski definition) is 0. The summed E-state index contributed by atoms with van der Waals surface area (Å²) in [6.07, 6.45) is 8.79. The summed E-state index contributed by atoms with van der Waals surface area (Å²) in [5.41, 5.74) is 0. The fraction of sp³-hybridized carbons (Fsp3) is 0.900. The largest absolute Gasteiger partial charge is 0.412 e. The molecule has 0 saturated heterocycles. The predicted molar refractivity (Wildman–Crippen MR) is 90.3 cm³/mol. The molecule has 0 aliphatic heterocycles. The molecule has 0 nitrogen and oxygen atoms in total. The fourth-order valence-electron chi connectivity index (χ4n) is 4.77. The zero-order valence-corrected chi connectivity index (χ0v) is 14.9. The first kappa shape index (κ1) is 19.8. The standard InChI is InChI=1S/C20H32F4/c1-2-3-4-5-15-6-8-16(9-7-15)17-10-12-18(13-11-17)19(21)14-20(22,23)24/h14-18H,2-13H2,1H3/b19-14-. The maximum absolute atomic E-state index is 13.7. The molecule has 140 valence electrons. The van der Waals surface area contributed by atoms with Crippen molar-refractivity contribution in [1.82, 2.24) is 0 Å². The summed E-state index contributed by atoms with van der Waals surface area (Å²) < 4.78 is 50.5. The highest BCUT2D eigenvalue weighted by Crippen LogP contribution is 2.44. The van der Waals surface area contributed by atoms with Crippen molar-refractivity contribution in [2.75, 3.05) is 0 Å². The van der Waals surface area contributed by atoms with Gasteiger partial charge in [-0.05, 0) is 56.3 Å². The molecule has 0 amide bonds. The van der Waals surface area contributed by atoms with E-state index in [0.29, 0.717) is 18.8 Å². The van der Waals surface area contributed by atoms with Gasteiger partial charge < -0.3 is 0 Å². The summed E-state index contributed by atoms with van der Waals surface area (Å²) in [7, 11) is 0. The minimum absolute atomic E-state index is 0.139. The molecule has 4 heteroatoms. The van der Waals surface area contributed by atoms with Gasteiger partial charge in [0.15, 0.2) is 0 Å². The molecule has 2 rings (SSSR count). The van der Waals surface area contributed by atoms with Crippen LogP contribution in [0.2, 0.25) is 0 Å². The van der Waals surface area contributed by atoms with E-state index in [2.05, 4.69) is 6.92 Å². The second-order valence-corrected chi connectivity index (χ2v) is 7.96. The zero-order valence-electron chi connectivity index (χ0n) is 14.9. The molecule has 0 atom stereocenters. The molecule has 2 saturated carbocycles. The smallest absolute Gasteiger partial charge is 0.212 e. The van der Waals surface area contributed by atoms with Gasteiger partial charge >= 0.3 is 6.18 Å². The molecule has 0 N–H and O–H groups in total. The Bertz CT molecular complexity index is 383. The van der Waals surface area contributed by atoms with Crippen LogP contribution in [0.15, 0.2) is 11.9 Å². The van der Waals surface area contributed by atoms with Gasteiger partial charge in [0.05, 0.1) is 6.08 Å². The third-order valence-corrected chi connectivity index (χ3v) is 6.24. The molecule has 0 radical (unpaired) electrons. The van der Waals surface area contributed by atoms with Crippen molar-refractivity contribution in [3.05, 3.63) is 11.9 Å². The van der Waals surface area contributed by atoms with Crippen molar-refractivity contribution in [2.45, 2.75) is 90.1 Å². The maximum atomic E-state index is 13.7. The Labute approximate surface area is 144 Å². The van der Waals surface area contributed by atoms with Crippen LogP contribution in [0, 0.1) is 23.7 Å². The molecule has 0 unspecified atom stereocenters. The number of halogens is 4. The van der Waals surface area contributed by atoms with Gasteiger partial charge in [-0.1, -0.05) is 45.4 Å². The van der Waals surface area contributed by atoms with E-state index in [0.717, 1.165) is 24.7 Å². The van der Waals surface area contributed by atoms with E-state index in [9.17, 15) is 17.6 Å². The van der Waals surface area contributed by atoms with Gasteiger partial charge in [-0.25, -0.2) is 4.39 Å². The lowest BCUT2D eigenvalue weighted by Crippen LogP contribution is -2.26. The monoisotopic (exact) mass is 348 g/mol. The summed E-state index contributed by atoms with van der Waals surface area (Å²) in [6.45, 7) is 2.24. The average molecular weight is 348 g/mol. The van der Waals surface area contributed by atoms with E-state index in [1.165, 1.54) is 51.4 Å². The predicted octanol–water partition coefficient (Wildman–Crippen LogP) is 7.60. The summed E-state index contributed by atoms with van der Waals surface area (Å²) in [5.74, 6) is 0.754. The Morgan fingerprint density at radius 2 is 1.42 bits per heavy atom. The molecule has 0 aromatic heterocycles. The minimum atomic E-state index is -4.53. The van der Waals surface area contributed by atoms with E-state index in [4.69, 9.17) is 0 Å². The van der Waals surface area contributed by atoms with Gasteiger partial charge in [0.2, 0.25) is 0 Å². The van der Waals surface area contributed by atoms with Crippen molar-refractivity contribution >= 4 is 0 Å². The van der Waals surface area contributed by atoms with Crippen LogP contribution < -0.4 is 0 Å². The van der Waals surface area contributed by atoms with Crippen molar-refractivity contribution in [3.63, 3.8) is 0 Å². The number of rotatable bonds is 6. The van der Waals surface area contributed by atoms with Crippen molar-refractivity contribution in [2.24, 2.45) is 23.7 Å². The van der Waals surface area contributed by atoms with Gasteiger partial charge in [0.25, 0.3) is 0 Å². The second-order valence-electron chi connectivity index (χ2n) is 7.96. The van der Waals surface area contributed by atoms with Gasteiger partial charge in [0.1, 0.15) is 5.83 Å². The van der Waals surface area contributed by atoms with Crippen LogP contribution in [0.3, 0.4) is 0 Å². The van der Waals surface area contributed by atoms with E-state index >= 15 is 0 Å². The number of allylic oxidation sites excluding steroid dienone is 2. The lowest BCUT2D eigenvalue weighted by Gasteiger charge is -2.37. The van der Waals surface area contributed by atoms with Crippen LogP contribution in [0.5, 0.6) is 0 Å². The Morgan fingerprint density at radius 1 is 0.875 bits per heavy atom. The van der Waals surface area contributed by atoms with E-state index < -0.39 is 17.9 Å². The summed E-state index contributed by atoms with van der Waals surface area (Å²) >= 11 is 0. The Balaban J connectivity index is 1.71. The first-order chi connectivity index (χ1) is 11.4. The van der Waals surface area contributed by atoms with E-state index in [1.54, 1.807) is 0 Å². The average Bonchev–Trinajstić information content (AvgIpc) is 2.54. The fourth-order valence-corrected chi connectivity index (χ4v) is 4.77. The number of alkyl halides is 3. The molecule has 0 aromatic carbocycles. The highest BCUT2D eigenvalue weighted by atomic mass is 19.4. The van der Waals surface area contributed by atoms with Crippen molar-refractivity contribution in [1.29, 1.82) is 0 Å². The normalized spacial score (nSPS) is 32.8. The molecular weight excluding hydrogens is 316 g/mol.